The molecule has 1 aromatic heterocycles. The van der Waals surface area contributed by atoms with Crippen LogP contribution in [0.2, 0.25) is 0 Å². The molecular formula is C22H26N4O2S. The number of nitrogens with one attached hydrogen (secondary N) is 2. The number of hydrogen-bond donors (Lipinski definition) is 4. The van der Waals surface area contributed by atoms with Gasteiger partial charge in [-0.1, -0.05) is 29.8 Å². The van der Waals surface area contributed by atoms with Crippen molar-refractivity contribution in [3.8, 4) is 0 Å². The van der Waals surface area contributed by atoms with Gasteiger partial charge in [0.05, 0.1) is 22.2 Å². The summed E-state index contributed by atoms with van der Waals surface area (Å²) in [4.78, 5) is 7.75. The standard InChI is InChI=1S/C22H26N4O2S/c1-15-6-7-19-18(10-15)20(24-17-12-23-13-17)11-22(25-19)26-8-9-29(27,28)21-5-3-2-4-16(21)14-26/h2-7,10-11,17,23,27-28H,8-9,12-14H2,1H3,(H,24,25). The molecule has 7 heteroatoms. The topological polar surface area (TPSA) is 80.7 Å². The Balaban J connectivity index is 1.57. The first kappa shape index (κ1) is 18.7. The molecule has 3 heterocycles. The molecule has 0 amide bonds. The van der Waals surface area contributed by atoms with E-state index in [1.54, 1.807) is 0 Å². The van der Waals surface area contributed by atoms with Crippen molar-refractivity contribution < 1.29 is 9.11 Å². The van der Waals surface area contributed by atoms with E-state index in [9.17, 15) is 9.11 Å². The van der Waals surface area contributed by atoms with Gasteiger partial charge < -0.3 is 15.5 Å². The van der Waals surface area contributed by atoms with Crippen molar-refractivity contribution >= 4 is 33.0 Å². The predicted octanol–water partition coefficient (Wildman–Crippen LogP) is 4.06. The first-order valence-corrected chi connectivity index (χ1v) is 11.7. The van der Waals surface area contributed by atoms with E-state index >= 15 is 0 Å². The van der Waals surface area contributed by atoms with Gasteiger partial charge in [0, 0.05) is 43.3 Å². The SMILES string of the molecule is Cc1ccc2nc(N3CCS(O)(O)c4ccccc4C3)cc(NC3CNC3)c2c1. The van der Waals surface area contributed by atoms with Gasteiger partial charge in [0.1, 0.15) is 5.82 Å². The van der Waals surface area contributed by atoms with Crippen molar-refractivity contribution in [2.45, 2.75) is 24.4 Å². The zero-order chi connectivity index (χ0) is 20.0. The number of aromatic nitrogens is 1. The summed E-state index contributed by atoms with van der Waals surface area (Å²) in [5.74, 6) is 1.18. The van der Waals surface area contributed by atoms with Crippen molar-refractivity contribution in [1.82, 2.24) is 10.3 Å². The molecule has 0 spiro atoms. The number of benzene rings is 2. The molecule has 29 heavy (non-hydrogen) atoms. The van der Waals surface area contributed by atoms with Crippen LogP contribution in [0, 0.1) is 6.92 Å². The van der Waals surface area contributed by atoms with Crippen LogP contribution in [0.3, 0.4) is 0 Å². The normalized spacial score (nSPS) is 19.9. The van der Waals surface area contributed by atoms with Crippen LogP contribution in [-0.4, -0.2) is 45.5 Å². The van der Waals surface area contributed by atoms with E-state index in [0.717, 1.165) is 41.1 Å². The molecule has 0 bridgehead atoms. The molecule has 0 unspecified atom stereocenters. The summed E-state index contributed by atoms with van der Waals surface area (Å²) in [6.45, 7) is 5.18. The fourth-order valence-corrected chi connectivity index (χ4v) is 5.54. The zero-order valence-electron chi connectivity index (χ0n) is 16.4. The minimum absolute atomic E-state index is 0.312. The van der Waals surface area contributed by atoms with Crippen molar-refractivity contribution in [2.75, 3.05) is 35.6 Å². The van der Waals surface area contributed by atoms with Gasteiger partial charge in [0.2, 0.25) is 0 Å². The molecule has 2 aliphatic rings. The zero-order valence-corrected chi connectivity index (χ0v) is 17.2. The molecule has 5 rings (SSSR count). The fourth-order valence-electron chi connectivity index (χ4n) is 4.00. The summed E-state index contributed by atoms with van der Waals surface area (Å²) in [6, 6.07) is 16.5. The highest BCUT2D eigenvalue weighted by molar-refractivity contribution is 8.24. The molecule has 1 saturated heterocycles. The van der Waals surface area contributed by atoms with Crippen LogP contribution in [0.25, 0.3) is 10.9 Å². The Hall–Kier alpha value is -2.32. The molecule has 152 valence electrons. The summed E-state index contributed by atoms with van der Waals surface area (Å²) in [5.41, 5.74) is 4.20. The van der Waals surface area contributed by atoms with Crippen LogP contribution in [0.4, 0.5) is 11.5 Å². The smallest absolute Gasteiger partial charge is 0.131 e. The third-order valence-electron chi connectivity index (χ3n) is 5.75. The van der Waals surface area contributed by atoms with Gasteiger partial charge in [0.25, 0.3) is 0 Å². The lowest BCUT2D eigenvalue weighted by atomic mass is 10.1. The molecule has 0 aliphatic carbocycles. The van der Waals surface area contributed by atoms with Gasteiger partial charge >= 0.3 is 0 Å². The number of hydrogen-bond acceptors (Lipinski definition) is 6. The number of fused-ring (bicyclic) bond motifs is 2. The van der Waals surface area contributed by atoms with E-state index in [1.807, 2.05) is 24.3 Å². The molecule has 1 fully saturated rings. The second kappa shape index (κ2) is 7.18. The van der Waals surface area contributed by atoms with Gasteiger partial charge in [-0.2, -0.15) is 10.6 Å². The van der Waals surface area contributed by atoms with Crippen molar-refractivity contribution in [3.05, 3.63) is 59.7 Å². The second-order valence-corrected chi connectivity index (χ2v) is 10.1. The lowest BCUT2D eigenvalue weighted by molar-refractivity contribution is 0.472. The highest BCUT2D eigenvalue weighted by atomic mass is 32.3. The number of anilines is 2. The molecular weight excluding hydrogens is 384 g/mol. The predicted molar refractivity (Wildman–Crippen MR) is 120 cm³/mol. The van der Waals surface area contributed by atoms with Gasteiger partial charge in [-0.3, -0.25) is 9.11 Å². The molecule has 3 aromatic rings. The molecule has 0 saturated carbocycles. The number of nitrogens with zero attached hydrogens (tertiary/aromatic N) is 2. The Labute approximate surface area is 172 Å². The van der Waals surface area contributed by atoms with Crippen molar-refractivity contribution in [3.63, 3.8) is 0 Å². The maximum Gasteiger partial charge on any atom is 0.131 e. The molecule has 2 aliphatic heterocycles. The quantitative estimate of drug-likeness (QED) is 0.522. The van der Waals surface area contributed by atoms with E-state index in [1.165, 1.54) is 5.56 Å². The van der Waals surface area contributed by atoms with Crippen LogP contribution in [0.5, 0.6) is 0 Å². The fraction of sp³-hybridized carbons (Fsp3) is 0.318. The van der Waals surface area contributed by atoms with E-state index in [0.29, 0.717) is 29.8 Å². The highest BCUT2D eigenvalue weighted by Crippen LogP contribution is 2.51. The largest absolute Gasteiger partial charge is 0.379 e. The molecule has 0 radical (unpaired) electrons. The summed E-state index contributed by atoms with van der Waals surface area (Å²) in [6.07, 6.45) is 0. The Morgan fingerprint density at radius 2 is 1.97 bits per heavy atom. The summed E-state index contributed by atoms with van der Waals surface area (Å²) >= 11 is 0. The van der Waals surface area contributed by atoms with Crippen LogP contribution in [0.15, 0.2) is 53.4 Å². The van der Waals surface area contributed by atoms with E-state index < -0.39 is 10.6 Å². The summed E-state index contributed by atoms with van der Waals surface area (Å²) < 4.78 is 21.3. The third-order valence-corrected chi connectivity index (χ3v) is 7.60. The third kappa shape index (κ3) is 3.55. The number of rotatable bonds is 3. The lowest BCUT2D eigenvalue weighted by Crippen LogP contribution is -2.51. The van der Waals surface area contributed by atoms with Crippen molar-refractivity contribution in [1.29, 1.82) is 0 Å². The summed E-state index contributed by atoms with van der Waals surface area (Å²) in [7, 11) is -2.78. The summed E-state index contributed by atoms with van der Waals surface area (Å²) in [5, 5.41) is 8.09. The van der Waals surface area contributed by atoms with E-state index in [4.69, 9.17) is 4.98 Å². The number of pyridine rings is 1. The Morgan fingerprint density at radius 3 is 2.76 bits per heavy atom. The first-order chi connectivity index (χ1) is 14.0. The Bertz CT molecular complexity index is 1070. The van der Waals surface area contributed by atoms with Crippen LogP contribution >= 0.6 is 10.6 Å². The van der Waals surface area contributed by atoms with E-state index in [2.05, 4.69) is 46.7 Å². The number of aryl methyl sites for hydroxylation is 1. The monoisotopic (exact) mass is 410 g/mol. The highest BCUT2D eigenvalue weighted by Gasteiger charge is 2.27. The molecule has 4 N–H and O–H groups in total. The molecule has 0 atom stereocenters. The van der Waals surface area contributed by atoms with Crippen LogP contribution < -0.4 is 15.5 Å². The maximum absolute atomic E-state index is 10.7. The Morgan fingerprint density at radius 1 is 1.14 bits per heavy atom. The lowest BCUT2D eigenvalue weighted by Gasteiger charge is -2.32. The Kier molecular flexibility index (Phi) is 4.63. The van der Waals surface area contributed by atoms with Crippen molar-refractivity contribution in [2.24, 2.45) is 0 Å². The van der Waals surface area contributed by atoms with Crippen LogP contribution in [0.1, 0.15) is 11.1 Å². The van der Waals surface area contributed by atoms with E-state index in [-0.39, 0.29) is 0 Å². The average Bonchev–Trinajstić information content (AvgIpc) is 2.81. The minimum atomic E-state index is -2.78. The average molecular weight is 411 g/mol. The van der Waals surface area contributed by atoms with Gasteiger partial charge in [0.15, 0.2) is 0 Å². The van der Waals surface area contributed by atoms with Gasteiger partial charge in [-0.25, -0.2) is 4.98 Å². The van der Waals surface area contributed by atoms with Gasteiger partial charge in [-0.05, 0) is 30.7 Å². The molecule has 6 nitrogen and oxygen atoms in total. The van der Waals surface area contributed by atoms with Crippen LogP contribution in [-0.2, 0) is 6.54 Å². The second-order valence-electron chi connectivity index (χ2n) is 7.95. The maximum atomic E-state index is 10.7. The minimum Gasteiger partial charge on any atom is -0.379 e. The first-order valence-electron chi connectivity index (χ1n) is 9.97. The van der Waals surface area contributed by atoms with Gasteiger partial charge in [-0.15, -0.1) is 0 Å². The molecule has 2 aromatic carbocycles.